The summed E-state index contributed by atoms with van der Waals surface area (Å²) < 4.78 is 0. The molecule has 1 aliphatic rings. The van der Waals surface area contributed by atoms with Crippen molar-refractivity contribution in [2.45, 2.75) is 70.9 Å². The molecule has 0 spiro atoms. The normalized spacial score (nSPS) is 25.5. The lowest BCUT2D eigenvalue weighted by atomic mass is 9.73. The SMILES string of the molecule is CC(C)(C)C(N)C1(O)CCCCCC1. The Labute approximate surface area is 87.9 Å². The van der Waals surface area contributed by atoms with Gasteiger partial charge in [0.15, 0.2) is 0 Å². The number of nitrogens with two attached hydrogens (primary N) is 1. The average molecular weight is 199 g/mol. The van der Waals surface area contributed by atoms with Crippen molar-refractivity contribution in [3.8, 4) is 0 Å². The molecular weight excluding hydrogens is 174 g/mol. The first-order chi connectivity index (χ1) is 6.36. The van der Waals surface area contributed by atoms with Crippen LogP contribution < -0.4 is 5.73 Å². The Morgan fingerprint density at radius 1 is 1.07 bits per heavy atom. The van der Waals surface area contributed by atoms with Gasteiger partial charge in [0.05, 0.1) is 5.60 Å². The third-order valence-electron chi connectivity index (χ3n) is 3.48. The average Bonchev–Trinajstić information content (AvgIpc) is 2.28. The quantitative estimate of drug-likeness (QED) is 0.637. The Balaban J connectivity index is 2.70. The minimum Gasteiger partial charge on any atom is -0.388 e. The van der Waals surface area contributed by atoms with E-state index in [2.05, 4.69) is 20.8 Å². The van der Waals surface area contributed by atoms with Crippen molar-refractivity contribution in [3.63, 3.8) is 0 Å². The van der Waals surface area contributed by atoms with E-state index in [1.165, 1.54) is 12.8 Å². The predicted octanol–water partition coefficient (Wildman–Crippen LogP) is 2.45. The highest BCUT2D eigenvalue weighted by molar-refractivity contribution is 4.96. The summed E-state index contributed by atoms with van der Waals surface area (Å²) in [5.74, 6) is 0. The Morgan fingerprint density at radius 2 is 1.50 bits per heavy atom. The second-order valence-corrected chi connectivity index (χ2v) is 5.86. The van der Waals surface area contributed by atoms with Crippen LogP contribution in [0.5, 0.6) is 0 Å². The first-order valence-corrected chi connectivity index (χ1v) is 5.84. The van der Waals surface area contributed by atoms with Crippen molar-refractivity contribution in [2.24, 2.45) is 11.1 Å². The fourth-order valence-corrected chi connectivity index (χ4v) is 2.46. The lowest BCUT2D eigenvalue weighted by Gasteiger charge is -2.41. The topological polar surface area (TPSA) is 46.2 Å². The minimum atomic E-state index is -0.616. The van der Waals surface area contributed by atoms with Gasteiger partial charge in [-0.2, -0.15) is 0 Å². The Bertz CT molecular complexity index is 175. The van der Waals surface area contributed by atoms with Crippen LogP contribution in [0.15, 0.2) is 0 Å². The summed E-state index contributed by atoms with van der Waals surface area (Å²) in [6.45, 7) is 6.33. The van der Waals surface area contributed by atoms with Crippen LogP contribution in [-0.2, 0) is 0 Å². The van der Waals surface area contributed by atoms with E-state index in [-0.39, 0.29) is 11.5 Å². The molecule has 0 aromatic heterocycles. The molecule has 1 fully saturated rings. The van der Waals surface area contributed by atoms with Gasteiger partial charge in [0.1, 0.15) is 0 Å². The third-order valence-corrected chi connectivity index (χ3v) is 3.48. The molecule has 1 saturated carbocycles. The van der Waals surface area contributed by atoms with Gasteiger partial charge in [0, 0.05) is 6.04 Å². The first kappa shape index (κ1) is 12.0. The van der Waals surface area contributed by atoms with Gasteiger partial charge >= 0.3 is 0 Å². The van der Waals surface area contributed by atoms with Gasteiger partial charge in [-0.3, -0.25) is 0 Å². The van der Waals surface area contributed by atoms with Crippen molar-refractivity contribution in [1.29, 1.82) is 0 Å². The van der Waals surface area contributed by atoms with Gasteiger partial charge in [-0.05, 0) is 18.3 Å². The minimum absolute atomic E-state index is 0.000903. The Kier molecular flexibility index (Phi) is 3.59. The van der Waals surface area contributed by atoms with E-state index >= 15 is 0 Å². The van der Waals surface area contributed by atoms with Crippen molar-refractivity contribution in [2.75, 3.05) is 0 Å². The molecule has 0 amide bonds. The van der Waals surface area contributed by atoms with Crippen LogP contribution >= 0.6 is 0 Å². The van der Waals surface area contributed by atoms with E-state index in [0.29, 0.717) is 0 Å². The zero-order chi connectivity index (χ0) is 10.8. The van der Waals surface area contributed by atoms with Crippen LogP contribution in [0.1, 0.15) is 59.3 Å². The van der Waals surface area contributed by atoms with E-state index in [0.717, 1.165) is 25.7 Å². The predicted molar refractivity (Wildman–Crippen MR) is 60.1 cm³/mol. The molecule has 0 saturated heterocycles. The zero-order valence-corrected chi connectivity index (χ0v) is 9.84. The van der Waals surface area contributed by atoms with E-state index < -0.39 is 5.60 Å². The molecule has 0 aromatic carbocycles. The molecule has 0 aromatic rings. The summed E-state index contributed by atoms with van der Waals surface area (Å²) in [6.07, 6.45) is 6.51. The van der Waals surface area contributed by atoms with E-state index in [4.69, 9.17) is 5.73 Å². The maximum absolute atomic E-state index is 10.5. The largest absolute Gasteiger partial charge is 0.388 e. The van der Waals surface area contributed by atoms with Crippen molar-refractivity contribution in [1.82, 2.24) is 0 Å². The van der Waals surface area contributed by atoms with Crippen LogP contribution in [-0.4, -0.2) is 16.7 Å². The van der Waals surface area contributed by atoms with E-state index in [9.17, 15) is 5.11 Å². The molecule has 2 heteroatoms. The molecule has 0 radical (unpaired) electrons. The number of rotatable bonds is 1. The Hall–Kier alpha value is -0.0800. The molecule has 2 nitrogen and oxygen atoms in total. The lowest BCUT2D eigenvalue weighted by molar-refractivity contribution is -0.0328. The molecule has 1 unspecified atom stereocenters. The van der Waals surface area contributed by atoms with Gasteiger partial charge in [0.25, 0.3) is 0 Å². The summed E-state index contributed by atoms with van der Waals surface area (Å²) in [5, 5.41) is 10.5. The maximum atomic E-state index is 10.5. The first-order valence-electron chi connectivity index (χ1n) is 5.84. The van der Waals surface area contributed by atoms with Crippen LogP contribution in [0.3, 0.4) is 0 Å². The van der Waals surface area contributed by atoms with Gasteiger partial charge < -0.3 is 10.8 Å². The van der Waals surface area contributed by atoms with E-state index in [1.807, 2.05) is 0 Å². The lowest BCUT2D eigenvalue weighted by Crippen LogP contribution is -2.54. The highest BCUT2D eigenvalue weighted by Crippen LogP contribution is 2.35. The highest BCUT2D eigenvalue weighted by atomic mass is 16.3. The highest BCUT2D eigenvalue weighted by Gasteiger charge is 2.40. The van der Waals surface area contributed by atoms with Crippen molar-refractivity contribution < 1.29 is 5.11 Å². The summed E-state index contributed by atoms with van der Waals surface area (Å²) in [5.41, 5.74) is 5.56. The van der Waals surface area contributed by atoms with Gasteiger partial charge in [-0.25, -0.2) is 0 Å². The van der Waals surface area contributed by atoms with Crippen molar-refractivity contribution in [3.05, 3.63) is 0 Å². The van der Waals surface area contributed by atoms with Crippen LogP contribution in [0.25, 0.3) is 0 Å². The summed E-state index contributed by atoms with van der Waals surface area (Å²) in [7, 11) is 0. The smallest absolute Gasteiger partial charge is 0.0803 e. The summed E-state index contributed by atoms with van der Waals surface area (Å²) >= 11 is 0. The monoisotopic (exact) mass is 199 g/mol. The standard InChI is InChI=1S/C12H25NO/c1-11(2,3)10(13)12(14)8-6-4-5-7-9-12/h10,14H,4-9,13H2,1-3H3. The molecular formula is C12H25NO. The summed E-state index contributed by atoms with van der Waals surface area (Å²) in [4.78, 5) is 0. The van der Waals surface area contributed by atoms with Crippen LogP contribution in [0.4, 0.5) is 0 Å². The molecule has 0 heterocycles. The fourth-order valence-electron chi connectivity index (χ4n) is 2.46. The van der Waals surface area contributed by atoms with Crippen molar-refractivity contribution >= 4 is 0 Å². The molecule has 0 bridgehead atoms. The second-order valence-electron chi connectivity index (χ2n) is 5.86. The Morgan fingerprint density at radius 3 is 1.86 bits per heavy atom. The number of hydrogen-bond acceptors (Lipinski definition) is 2. The molecule has 14 heavy (non-hydrogen) atoms. The van der Waals surface area contributed by atoms with Crippen LogP contribution in [0.2, 0.25) is 0 Å². The number of aliphatic hydroxyl groups is 1. The summed E-state index contributed by atoms with van der Waals surface area (Å²) in [6, 6.07) is -0.104. The second kappa shape index (κ2) is 4.19. The molecule has 1 aliphatic carbocycles. The van der Waals surface area contributed by atoms with E-state index in [1.54, 1.807) is 0 Å². The molecule has 1 rings (SSSR count). The third kappa shape index (κ3) is 2.71. The molecule has 3 N–H and O–H groups in total. The molecule has 1 atom stereocenters. The van der Waals surface area contributed by atoms with Gasteiger partial charge in [-0.1, -0.05) is 46.5 Å². The molecule has 0 aliphatic heterocycles. The fraction of sp³-hybridized carbons (Fsp3) is 1.00. The van der Waals surface area contributed by atoms with Gasteiger partial charge in [-0.15, -0.1) is 0 Å². The maximum Gasteiger partial charge on any atom is 0.0803 e. The molecule has 84 valence electrons. The number of hydrogen-bond donors (Lipinski definition) is 2. The zero-order valence-electron chi connectivity index (χ0n) is 9.84. The van der Waals surface area contributed by atoms with Gasteiger partial charge in [0.2, 0.25) is 0 Å². The van der Waals surface area contributed by atoms with Crippen LogP contribution in [0, 0.1) is 5.41 Å².